The van der Waals surface area contributed by atoms with Crippen molar-refractivity contribution in [3.8, 4) is 0 Å². The zero-order valence-electron chi connectivity index (χ0n) is 15.2. The van der Waals surface area contributed by atoms with Crippen molar-refractivity contribution in [3.05, 3.63) is 58.1 Å². The van der Waals surface area contributed by atoms with Gasteiger partial charge in [0.15, 0.2) is 5.82 Å². The minimum absolute atomic E-state index is 0.0352. The number of piperazine rings is 1. The van der Waals surface area contributed by atoms with Crippen molar-refractivity contribution in [3.63, 3.8) is 0 Å². The number of nitrogens with zero attached hydrogens (tertiary/aromatic N) is 4. The van der Waals surface area contributed by atoms with Crippen molar-refractivity contribution >= 4 is 24.1 Å². The molecule has 1 fully saturated rings. The molecule has 3 rings (SSSR count). The number of aromatic nitrogens is 2. The molecule has 146 valence electrons. The van der Waals surface area contributed by atoms with Crippen LogP contribution in [0, 0.1) is 0 Å². The Balaban J connectivity index is 1.94. The number of carbonyl (C=O) groups is 3. The van der Waals surface area contributed by atoms with E-state index in [1.807, 2.05) is 30.3 Å². The third-order valence-electron chi connectivity index (χ3n) is 4.47. The number of carbonyl (C=O) groups excluding carboxylic acids is 2. The highest BCUT2D eigenvalue weighted by atomic mass is 16.4. The van der Waals surface area contributed by atoms with E-state index >= 15 is 0 Å². The van der Waals surface area contributed by atoms with Crippen molar-refractivity contribution in [1.82, 2.24) is 14.5 Å². The molecule has 0 spiro atoms. The van der Waals surface area contributed by atoms with Crippen LogP contribution < -0.4 is 10.5 Å². The van der Waals surface area contributed by atoms with Gasteiger partial charge in [0.05, 0.1) is 18.8 Å². The number of hydrogen-bond donors (Lipinski definition) is 1. The van der Waals surface area contributed by atoms with Gasteiger partial charge >= 0.3 is 6.09 Å². The predicted octanol–water partition coefficient (Wildman–Crippen LogP) is 0.750. The van der Waals surface area contributed by atoms with Gasteiger partial charge in [0, 0.05) is 25.7 Å². The van der Waals surface area contributed by atoms with Gasteiger partial charge in [0.2, 0.25) is 0 Å². The van der Waals surface area contributed by atoms with Crippen molar-refractivity contribution in [2.75, 3.05) is 24.5 Å². The minimum atomic E-state index is -1.31. The molecule has 1 aromatic heterocycles. The van der Waals surface area contributed by atoms with Crippen LogP contribution >= 0.6 is 0 Å². The summed E-state index contributed by atoms with van der Waals surface area (Å²) in [6.07, 6.45) is 1.73. The summed E-state index contributed by atoms with van der Waals surface area (Å²) in [6, 6.07) is 9.42. The van der Waals surface area contributed by atoms with Gasteiger partial charge in [0.25, 0.3) is 11.5 Å². The summed E-state index contributed by atoms with van der Waals surface area (Å²) < 4.78 is 1.51. The van der Waals surface area contributed by atoms with Gasteiger partial charge in [0.1, 0.15) is 6.29 Å². The van der Waals surface area contributed by atoms with E-state index in [4.69, 9.17) is 5.11 Å². The number of benzene rings is 1. The number of anilines is 1. The van der Waals surface area contributed by atoms with Crippen LogP contribution in [0.2, 0.25) is 0 Å². The number of hydrogen-bond acceptors (Lipinski definition) is 6. The van der Waals surface area contributed by atoms with Gasteiger partial charge in [-0.1, -0.05) is 30.3 Å². The van der Waals surface area contributed by atoms with Crippen LogP contribution in [0.25, 0.3) is 0 Å². The van der Waals surface area contributed by atoms with Gasteiger partial charge in [-0.3, -0.25) is 9.59 Å². The van der Waals surface area contributed by atoms with Gasteiger partial charge in [-0.25, -0.2) is 14.7 Å². The van der Waals surface area contributed by atoms with Crippen molar-refractivity contribution in [2.45, 2.75) is 19.4 Å². The molecule has 2 amide bonds. The fourth-order valence-electron chi connectivity index (χ4n) is 3.07. The molecule has 0 aliphatic carbocycles. The normalized spacial score (nSPS) is 14.2. The fourth-order valence-corrected chi connectivity index (χ4v) is 3.07. The highest BCUT2D eigenvalue weighted by Crippen LogP contribution is 2.13. The maximum Gasteiger partial charge on any atom is 0.414 e. The lowest BCUT2D eigenvalue weighted by molar-refractivity contribution is -0.128. The lowest BCUT2D eigenvalue weighted by Crippen LogP contribution is -2.53. The predicted molar refractivity (Wildman–Crippen MR) is 100 cm³/mol. The third kappa shape index (κ3) is 4.25. The van der Waals surface area contributed by atoms with Crippen LogP contribution in [0.1, 0.15) is 17.7 Å². The molecular formula is C19H20N4O5. The number of amides is 2. The molecule has 2 aromatic rings. The van der Waals surface area contributed by atoms with Crippen molar-refractivity contribution < 1.29 is 19.5 Å². The molecule has 1 aliphatic rings. The van der Waals surface area contributed by atoms with Gasteiger partial charge in [-0.15, -0.1) is 0 Å². The molecule has 0 atom stereocenters. The summed E-state index contributed by atoms with van der Waals surface area (Å²) in [6.45, 7) is 0.235. The van der Waals surface area contributed by atoms with Gasteiger partial charge < -0.3 is 19.4 Å². The first-order valence-electron chi connectivity index (χ1n) is 8.85. The Bertz CT molecular complexity index is 941. The average molecular weight is 384 g/mol. The summed E-state index contributed by atoms with van der Waals surface area (Å²) in [7, 11) is 0. The van der Waals surface area contributed by atoms with Crippen LogP contribution in [0.4, 0.5) is 10.6 Å². The van der Waals surface area contributed by atoms with Crippen molar-refractivity contribution in [1.29, 1.82) is 0 Å². The molecule has 2 heterocycles. The molecule has 0 saturated carbocycles. The standard InChI is InChI=1S/C19H20N4O5/c24-10-4-7-15-12-22(11-14-5-2-1-3-6-14)18(26)17(20-15)21-8-9-23(19(27)28)16(25)13-21/h1-3,5-6,10,12H,4,7-9,11,13H2,(H,27,28). The number of rotatable bonds is 6. The molecular weight excluding hydrogens is 364 g/mol. The number of aryl methyl sites for hydroxylation is 1. The van der Waals surface area contributed by atoms with Crippen molar-refractivity contribution in [2.24, 2.45) is 0 Å². The van der Waals surface area contributed by atoms with Crippen LogP contribution in [0.5, 0.6) is 0 Å². The Labute approximate surface area is 160 Å². The largest absolute Gasteiger partial charge is 0.465 e. The Morgan fingerprint density at radius 2 is 1.93 bits per heavy atom. The summed E-state index contributed by atoms with van der Waals surface area (Å²) in [4.78, 5) is 53.5. The molecule has 0 unspecified atom stereocenters. The first kappa shape index (κ1) is 19.3. The van der Waals surface area contributed by atoms with E-state index in [0.717, 1.165) is 16.7 Å². The average Bonchev–Trinajstić information content (AvgIpc) is 2.68. The Morgan fingerprint density at radius 3 is 2.57 bits per heavy atom. The molecule has 1 aromatic carbocycles. The smallest absolute Gasteiger partial charge is 0.414 e. The van der Waals surface area contributed by atoms with E-state index in [-0.39, 0.29) is 37.4 Å². The summed E-state index contributed by atoms with van der Waals surface area (Å²) >= 11 is 0. The number of aldehydes is 1. The Hall–Kier alpha value is -3.49. The summed E-state index contributed by atoms with van der Waals surface area (Å²) in [5, 5.41) is 9.04. The molecule has 9 nitrogen and oxygen atoms in total. The quantitative estimate of drug-likeness (QED) is 0.731. The van der Waals surface area contributed by atoms with Gasteiger partial charge in [-0.2, -0.15) is 0 Å². The molecule has 9 heteroatoms. The Kier molecular flexibility index (Phi) is 5.83. The SMILES string of the molecule is O=CCCc1cn(Cc2ccccc2)c(=O)c(N2CCN(C(=O)O)C(=O)C2)n1. The number of imide groups is 1. The second-order valence-corrected chi connectivity index (χ2v) is 6.43. The van der Waals surface area contributed by atoms with Crippen LogP contribution in [-0.2, 0) is 22.6 Å². The van der Waals surface area contributed by atoms with Gasteiger partial charge in [-0.05, 0) is 12.0 Å². The maximum atomic E-state index is 13.0. The summed E-state index contributed by atoms with van der Waals surface area (Å²) in [5.74, 6) is -0.509. The van der Waals surface area contributed by atoms with E-state index in [9.17, 15) is 19.2 Å². The van der Waals surface area contributed by atoms with Crippen LogP contribution in [-0.4, -0.2) is 57.5 Å². The minimum Gasteiger partial charge on any atom is -0.465 e. The molecule has 1 saturated heterocycles. The first-order valence-corrected chi connectivity index (χ1v) is 8.85. The Morgan fingerprint density at radius 1 is 1.18 bits per heavy atom. The monoisotopic (exact) mass is 384 g/mol. The molecule has 1 N–H and O–H groups in total. The fraction of sp³-hybridized carbons (Fsp3) is 0.316. The second kappa shape index (κ2) is 8.47. The molecule has 1 aliphatic heterocycles. The zero-order chi connectivity index (χ0) is 20.1. The lowest BCUT2D eigenvalue weighted by Gasteiger charge is -2.32. The molecule has 28 heavy (non-hydrogen) atoms. The lowest BCUT2D eigenvalue weighted by atomic mass is 10.2. The highest BCUT2D eigenvalue weighted by Gasteiger charge is 2.30. The zero-order valence-corrected chi connectivity index (χ0v) is 15.2. The van der Waals surface area contributed by atoms with E-state index in [1.165, 1.54) is 9.47 Å². The van der Waals surface area contributed by atoms with Crippen LogP contribution in [0.15, 0.2) is 41.3 Å². The van der Waals surface area contributed by atoms with E-state index in [0.29, 0.717) is 18.7 Å². The summed E-state index contributed by atoms with van der Waals surface area (Å²) in [5.41, 5.74) is 1.12. The highest BCUT2D eigenvalue weighted by molar-refractivity contribution is 5.94. The topological polar surface area (TPSA) is 113 Å². The van der Waals surface area contributed by atoms with E-state index in [2.05, 4.69) is 4.98 Å². The van der Waals surface area contributed by atoms with E-state index < -0.39 is 12.0 Å². The van der Waals surface area contributed by atoms with E-state index in [1.54, 1.807) is 6.20 Å². The number of carboxylic acid groups (broad SMARTS) is 1. The molecule has 0 bridgehead atoms. The molecule has 0 radical (unpaired) electrons. The van der Waals surface area contributed by atoms with Crippen LogP contribution in [0.3, 0.4) is 0 Å². The second-order valence-electron chi connectivity index (χ2n) is 6.43. The maximum absolute atomic E-state index is 13.0. The first-order chi connectivity index (χ1) is 13.5. The third-order valence-corrected chi connectivity index (χ3v) is 4.47.